The highest BCUT2D eigenvalue weighted by Gasteiger charge is 2.45. The average molecular weight is 431 g/mol. The summed E-state index contributed by atoms with van der Waals surface area (Å²) in [7, 11) is 0. The van der Waals surface area contributed by atoms with Crippen molar-refractivity contribution in [1.82, 2.24) is 24.8 Å². The molecule has 8 heteroatoms. The van der Waals surface area contributed by atoms with E-state index in [2.05, 4.69) is 34.5 Å². The van der Waals surface area contributed by atoms with Crippen LogP contribution in [0.2, 0.25) is 0 Å². The Kier molecular flexibility index (Phi) is 5.77. The second-order valence-electron chi connectivity index (χ2n) is 9.91. The van der Waals surface area contributed by atoms with Gasteiger partial charge in [0, 0.05) is 30.8 Å². The Labute approximate surface area is 183 Å². The molecule has 31 heavy (non-hydrogen) atoms. The number of nitrogens with one attached hydrogen (secondary N) is 2. The molecule has 2 aliphatic heterocycles. The average Bonchev–Trinajstić information content (AvgIpc) is 3.30. The molecule has 2 N–H and O–H groups in total. The van der Waals surface area contributed by atoms with Crippen molar-refractivity contribution in [3.63, 3.8) is 0 Å². The Hall–Kier alpha value is -1.93. The van der Waals surface area contributed by atoms with E-state index >= 15 is 0 Å². The van der Waals surface area contributed by atoms with Crippen LogP contribution in [0.1, 0.15) is 63.9 Å². The molecular formula is C23H35FN6O. The topological polar surface area (TPSA) is 66.7 Å². The number of piperidine rings is 2. The molecule has 1 aliphatic carbocycles. The van der Waals surface area contributed by atoms with Crippen molar-refractivity contribution in [3.8, 4) is 5.88 Å². The van der Waals surface area contributed by atoms with Crippen molar-refractivity contribution in [3.05, 3.63) is 17.8 Å². The number of rotatable bonds is 7. The van der Waals surface area contributed by atoms with E-state index in [1.807, 2.05) is 16.8 Å². The second kappa shape index (κ2) is 8.54. The van der Waals surface area contributed by atoms with E-state index in [1.54, 1.807) is 0 Å². The van der Waals surface area contributed by atoms with Crippen molar-refractivity contribution in [2.24, 2.45) is 0 Å². The maximum Gasteiger partial charge on any atom is 0.219 e. The lowest BCUT2D eigenvalue weighted by molar-refractivity contribution is 0.0651. The molecular weight excluding hydrogens is 395 g/mol. The maximum atomic E-state index is 14.3. The number of ether oxygens (including phenoxy) is 1. The van der Waals surface area contributed by atoms with Crippen LogP contribution in [0, 0.1) is 0 Å². The number of hydrogen-bond donors (Lipinski definition) is 2. The lowest BCUT2D eigenvalue weighted by Crippen LogP contribution is -2.44. The van der Waals surface area contributed by atoms with E-state index in [0.717, 1.165) is 68.9 Å². The van der Waals surface area contributed by atoms with Crippen molar-refractivity contribution in [2.45, 2.75) is 76.1 Å². The van der Waals surface area contributed by atoms with Gasteiger partial charge in [0.15, 0.2) is 5.65 Å². The third kappa shape index (κ3) is 4.80. The van der Waals surface area contributed by atoms with Crippen LogP contribution in [0.4, 0.5) is 10.2 Å². The van der Waals surface area contributed by atoms with Crippen LogP contribution in [0.3, 0.4) is 0 Å². The normalized spacial score (nSPS) is 24.6. The lowest BCUT2D eigenvalue weighted by Gasteiger charge is -2.33. The summed E-state index contributed by atoms with van der Waals surface area (Å²) in [5.74, 6) is 1.91. The minimum atomic E-state index is -0.950. The molecule has 0 aromatic carbocycles. The maximum absolute atomic E-state index is 14.3. The molecule has 2 aromatic rings. The third-order valence-electron chi connectivity index (χ3n) is 6.84. The molecule has 0 radical (unpaired) electrons. The highest BCUT2D eigenvalue weighted by molar-refractivity contribution is 5.57. The molecule has 1 atom stereocenters. The first-order chi connectivity index (χ1) is 15.0. The van der Waals surface area contributed by atoms with Crippen LogP contribution in [0.15, 0.2) is 12.3 Å². The molecule has 2 aromatic heterocycles. The summed E-state index contributed by atoms with van der Waals surface area (Å²) in [4.78, 5) is 7.08. The molecule has 3 fully saturated rings. The summed E-state index contributed by atoms with van der Waals surface area (Å²) in [5.41, 5.74) is 1.03. The van der Waals surface area contributed by atoms with Gasteiger partial charge in [-0.2, -0.15) is 14.6 Å². The Morgan fingerprint density at radius 3 is 2.84 bits per heavy atom. The van der Waals surface area contributed by atoms with Crippen molar-refractivity contribution >= 4 is 11.5 Å². The summed E-state index contributed by atoms with van der Waals surface area (Å²) in [6.07, 6.45) is 7.56. The molecule has 5 rings (SSSR count). The molecule has 0 bridgehead atoms. The van der Waals surface area contributed by atoms with Gasteiger partial charge in [-0.25, -0.2) is 4.39 Å². The molecule has 0 spiro atoms. The summed E-state index contributed by atoms with van der Waals surface area (Å²) < 4.78 is 22.6. The first kappa shape index (κ1) is 20.9. The second-order valence-corrected chi connectivity index (χ2v) is 9.91. The standard InChI is InChI=1S/C23H35FN6O/c1-16(2)19-13-26-30-20(27-17-5-9-25-10-6-17)12-21(28-22(19)30)31-18-4-3-11-29(14-18)15-23(24)7-8-23/h12-13,16-18,25,27H,3-11,14-15H2,1-2H3/t18-/m1/s1. The zero-order valence-corrected chi connectivity index (χ0v) is 18.7. The predicted octanol–water partition coefficient (Wildman–Crippen LogP) is 3.36. The Balaban J connectivity index is 1.37. The Morgan fingerprint density at radius 2 is 2.10 bits per heavy atom. The Bertz CT molecular complexity index is 905. The van der Waals surface area contributed by atoms with E-state index in [4.69, 9.17) is 9.72 Å². The van der Waals surface area contributed by atoms with Crippen LogP contribution in [-0.2, 0) is 0 Å². The third-order valence-corrected chi connectivity index (χ3v) is 6.84. The fraction of sp³-hybridized carbons (Fsp3) is 0.739. The molecule has 2 saturated heterocycles. The van der Waals surface area contributed by atoms with Gasteiger partial charge < -0.3 is 15.4 Å². The minimum Gasteiger partial charge on any atom is -0.473 e. The van der Waals surface area contributed by atoms with E-state index in [1.165, 1.54) is 0 Å². The van der Waals surface area contributed by atoms with Gasteiger partial charge in [0.05, 0.1) is 6.20 Å². The quantitative estimate of drug-likeness (QED) is 0.702. The van der Waals surface area contributed by atoms with Crippen molar-refractivity contribution in [2.75, 3.05) is 38.0 Å². The van der Waals surface area contributed by atoms with Crippen LogP contribution in [0.25, 0.3) is 5.65 Å². The number of hydrogen-bond acceptors (Lipinski definition) is 6. The van der Waals surface area contributed by atoms with Gasteiger partial charge in [-0.1, -0.05) is 13.8 Å². The summed E-state index contributed by atoms with van der Waals surface area (Å²) in [6.45, 7) is 8.65. The minimum absolute atomic E-state index is 0.0446. The summed E-state index contributed by atoms with van der Waals surface area (Å²) in [6, 6.07) is 2.40. The van der Waals surface area contributed by atoms with Gasteiger partial charge in [0.1, 0.15) is 17.6 Å². The van der Waals surface area contributed by atoms with E-state index in [0.29, 0.717) is 37.2 Å². The number of likely N-dealkylation sites (tertiary alicyclic amines) is 1. The number of halogens is 1. The molecule has 170 valence electrons. The number of nitrogens with zero attached hydrogens (tertiary/aromatic N) is 4. The molecule has 0 unspecified atom stereocenters. The molecule has 4 heterocycles. The SMILES string of the molecule is CC(C)c1cnn2c(NC3CCNCC3)cc(O[C@@H]3CCCN(CC4(F)CC4)C3)nc12. The molecule has 1 saturated carbocycles. The first-order valence-electron chi connectivity index (χ1n) is 11.9. The zero-order chi connectivity index (χ0) is 21.4. The molecule has 7 nitrogen and oxygen atoms in total. The largest absolute Gasteiger partial charge is 0.473 e. The number of fused-ring (bicyclic) bond motifs is 1. The van der Waals surface area contributed by atoms with Gasteiger partial charge >= 0.3 is 0 Å². The highest BCUT2D eigenvalue weighted by atomic mass is 19.1. The first-order valence-corrected chi connectivity index (χ1v) is 11.9. The van der Waals surface area contributed by atoms with Crippen molar-refractivity contribution < 1.29 is 9.13 Å². The van der Waals surface area contributed by atoms with E-state index in [-0.39, 0.29) is 6.10 Å². The van der Waals surface area contributed by atoms with Gasteiger partial charge in [0.2, 0.25) is 5.88 Å². The van der Waals surface area contributed by atoms with Crippen LogP contribution in [-0.4, -0.2) is 70.0 Å². The van der Waals surface area contributed by atoms with E-state index < -0.39 is 5.67 Å². The number of alkyl halides is 1. The lowest BCUT2D eigenvalue weighted by atomic mass is 10.1. The monoisotopic (exact) mass is 430 g/mol. The van der Waals surface area contributed by atoms with Gasteiger partial charge in [-0.15, -0.1) is 0 Å². The van der Waals surface area contributed by atoms with Gasteiger partial charge in [-0.3, -0.25) is 4.90 Å². The highest BCUT2D eigenvalue weighted by Crippen LogP contribution is 2.40. The van der Waals surface area contributed by atoms with Gasteiger partial charge in [-0.05, 0) is 64.1 Å². The van der Waals surface area contributed by atoms with E-state index in [9.17, 15) is 4.39 Å². The zero-order valence-electron chi connectivity index (χ0n) is 18.7. The van der Waals surface area contributed by atoms with Gasteiger partial charge in [0.25, 0.3) is 0 Å². The smallest absolute Gasteiger partial charge is 0.219 e. The van der Waals surface area contributed by atoms with Crippen LogP contribution in [0.5, 0.6) is 5.88 Å². The molecule has 3 aliphatic rings. The van der Waals surface area contributed by atoms with Crippen LogP contribution >= 0.6 is 0 Å². The molecule has 0 amide bonds. The summed E-state index contributed by atoms with van der Waals surface area (Å²) >= 11 is 0. The summed E-state index contributed by atoms with van der Waals surface area (Å²) in [5, 5.41) is 11.7. The van der Waals surface area contributed by atoms with Crippen LogP contribution < -0.4 is 15.4 Å². The predicted molar refractivity (Wildman–Crippen MR) is 120 cm³/mol. The number of aromatic nitrogens is 3. The Morgan fingerprint density at radius 1 is 1.29 bits per heavy atom. The van der Waals surface area contributed by atoms with Crippen molar-refractivity contribution in [1.29, 1.82) is 0 Å². The fourth-order valence-corrected chi connectivity index (χ4v) is 4.82. The number of anilines is 1. The fourth-order valence-electron chi connectivity index (χ4n) is 4.82.